The number of aryl methyl sites for hydroxylation is 2. The average molecular weight is 482 g/mol. The fraction of sp³-hybridized carbons (Fsp3) is 0.571. The maximum atomic E-state index is 11.7. The predicted molar refractivity (Wildman–Crippen MR) is 137 cm³/mol. The van der Waals surface area contributed by atoms with Crippen molar-refractivity contribution in [3.8, 4) is 5.75 Å². The van der Waals surface area contributed by atoms with Crippen LogP contribution >= 0.6 is 0 Å². The van der Waals surface area contributed by atoms with E-state index in [1.165, 1.54) is 17.7 Å². The number of methoxy groups -OCH3 is 1. The van der Waals surface area contributed by atoms with Crippen molar-refractivity contribution in [2.24, 2.45) is 5.92 Å². The van der Waals surface area contributed by atoms with Crippen LogP contribution in [0.2, 0.25) is 0 Å². The predicted octanol–water partition coefficient (Wildman–Crippen LogP) is 4.37. The lowest BCUT2D eigenvalue weighted by atomic mass is 9.94. The summed E-state index contributed by atoms with van der Waals surface area (Å²) >= 11 is 0. The molecule has 4 rings (SSSR count). The first-order valence-corrected chi connectivity index (χ1v) is 12.9. The fourth-order valence-corrected chi connectivity index (χ4v) is 5.33. The molecule has 7 nitrogen and oxygen atoms in total. The fourth-order valence-electron chi connectivity index (χ4n) is 5.33. The third-order valence-electron chi connectivity index (χ3n) is 7.10. The molecule has 1 saturated heterocycles. The molecule has 1 fully saturated rings. The van der Waals surface area contributed by atoms with E-state index in [0.717, 1.165) is 69.0 Å². The number of rotatable bonds is 12. The number of carboxylic acid groups (broad SMARTS) is 1. The first kappa shape index (κ1) is 25.5. The summed E-state index contributed by atoms with van der Waals surface area (Å²) in [5.74, 6) is 1.61. The van der Waals surface area contributed by atoms with Crippen LogP contribution in [0, 0.1) is 5.92 Å². The topological polar surface area (TPSA) is 83.9 Å². The Morgan fingerprint density at radius 3 is 3.03 bits per heavy atom. The summed E-state index contributed by atoms with van der Waals surface area (Å²) in [6.45, 7) is 6.27. The summed E-state index contributed by atoms with van der Waals surface area (Å²) in [5, 5.41) is 13.0. The molecule has 0 bridgehead atoms. The minimum atomic E-state index is -0.767. The molecule has 0 amide bonds. The molecular weight excluding hydrogens is 442 g/mol. The molecule has 0 radical (unpaired) electrons. The zero-order chi connectivity index (χ0) is 24.6. The van der Waals surface area contributed by atoms with Crippen molar-refractivity contribution in [1.82, 2.24) is 9.88 Å². The first-order chi connectivity index (χ1) is 17.0. The van der Waals surface area contributed by atoms with Gasteiger partial charge in [0.1, 0.15) is 17.7 Å². The summed E-state index contributed by atoms with van der Waals surface area (Å²) in [5.41, 5.74) is 3.52. The van der Waals surface area contributed by atoms with Gasteiger partial charge >= 0.3 is 5.97 Å². The number of hydrogen-bond donors (Lipinski definition) is 2. The van der Waals surface area contributed by atoms with Gasteiger partial charge in [0.25, 0.3) is 0 Å². The lowest BCUT2D eigenvalue weighted by Gasteiger charge is -2.24. The highest BCUT2D eigenvalue weighted by molar-refractivity contribution is 5.68. The minimum Gasteiger partial charge on any atom is -0.488 e. The quantitative estimate of drug-likeness (QED) is 0.466. The number of benzene rings is 1. The lowest BCUT2D eigenvalue weighted by Crippen LogP contribution is -2.28. The van der Waals surface area contributed by atoms with E-state index in [1.807, 2.05) is 31.2 Å². The molecule has 0 aliphatic carbocycles. The van der Waals surface area contributed by atoms with Crippen LogP contribution in [-0.4, -0.2) is 67.0 Å². The number of aromatic nitrogens is 1. The second-order valence-corrected chi connectivity index (χ2v) is 10.0. The summed E-state index contributed by atoms with van der Waals surface area (Å²) < 4.78 is 11.1. The monoisotopic (exact) mass is 481 g/mol. The van der Waals surface area contributed by atoms with Crippen LogP contribution in [0.1, 0.15) is 55.3 Å². The van der Waals surface area contributed by atoms with Gasteiger partial charge in [0.05, 0.1) is 13.0 Å². The van der Waals surface area contributed by atoms with Gasteiger partial charge in [0.15, 0.2) is 0 Å². The molecule has 35 heavy (non-hydrogen) atoms. The van der Waals surface area contributed by atoms with Crippen LogP contribution in [-0.2, 0) is 22.4 Å². The van der Waals surface area contributed by atoms with Gasteiger partial charge in [-0.3, -0.25) is 4.79 Å². The van der Waals surface area contributed by atoms with Crippen molar-refractivity contribution >= 4 is 11.8 Å². The SMILES string of the molecule is COCC(C)Oc1cccc([C@H](CC(=O)O)CN2CC[C@@H](CCc3ccc4c(n3)NCCC4)C2)c1. The zero-order valence-electron chi connectivity index (χ0n) is 21.0. The average Bonchev–Trinajstić information content (AvgIpc) is 3.29. The Kier molecular flexibility index (Phi) is 8.99. The molecule has 1 aromatic heterocycles. The molecule has 3 heterocycles. The highest BCUT2D eigenvalue weighted by Crippen LogP contribution is 2.29. The van der Waals surface area contributed by atoms with E-state index in [4.69, 9.17) is 14.5 Å². The Morgan fingerprint density at radius 1 is 1.31 bits per heavy atom. The number of nitrogens with zero attached hydrogens (tertiary/aromatic N) is 2. The van der Waals surface area contributed by atoms with E-state index in [1.54, 1.807) is 7.11 Å². The highest BCUT2D eigenvalue weighted by atomic mass is 16.5. The van der Waals surface area contributed by atoms with Crippen LogP contribution in [0.3, 0.4) is 0 Å². The van der Waals surface area contributed by atoms with Gasteiger partial charge in [-0.1, -0.05) is 18.2 Å². The van der Waals surface area contributed by atoms with E-state index in [-0.39, 0.29) is 18.4 Å². The zero-order valence-corrected chi connectivity index (χ0v) is 21.0. The molecule has 2 N–H and O–H groups in total. The van der Waals surface area contributed by atoms with Gasteiger partial charge in [0.2, 0.25) is 0 Å². The van der Waals surface area contributed by atoms with E-state index < -0.39 is 5.97 Å². The maximum absolute atomic E-state index is 11.7. The number of carbonyl (C=O) groups is 1. The van der Waals surface area contributed by atoms with E-state index in [0.29, 0.717) is 12.5 Å². The van der Waals surface area contributed by atoms with E-state index in [2.05, 4.69) is 22.3 Å². The second-order valence-electron chi connectivity index (χ2n) is 10.0. The number of ether oxygens (including phenoxy) is 2. The summed E-state index contributed by atoms with van der Waals surface area (Å²) in [6, 6.07) is 12.3. The van der Waals surface area contributed by atoms with Gasteiger partial charge in [-0.15, -0.1) is 0 Å². The number of pyridine rings is 1. The van der Waals surface area contributed by atoms with Crippen molar-refractivity contribution in [1.29, 1.82) is 0 Å². The third kappa shape index (κ3) is 7.42. The molecule has 3 atom stereocenters. The van der Waals surface area contributed by atoms with Crippen LogP contribution in [0.4, 0.5) is 5.82 Å². The van der Waals surface area contributed by atoms with Crippen LogP contribution in [0.25, 0.3) is 0 Å². The van der Waals surface area contributed by atoms with Crippen LogP contribution < -0.4 is 10.1 Å². The largest absolute Gasteiger partial charge is 0.488 e. The summed E-state index contributed by atoms with van der Waals surface area (Å²) in [7, 11) is 1.66. The molecule has 2 aromatic rings. The number of fused-ring (bicyclic) bond motifs is 1. The Bertz CT molecular complexity index is 982. The number of carboxylic acids is 1. The Morgan fingerprint density at radius 2 is 2.20 bits per heavy atom. The summed E-state index contributed by atoms with van der Waals surface area (Å²) in [6.07, 6.45) is 5.61. The highest BCUT2D eigenvalue weighted by Gasteiger charge is 2.27. The minimum absolute atomic E-state index is 0.0621. The van der Waals surface area contributed by atoms with Crippen molar-refractivity contribution in [3.63, 3.8) is 0 Å². The molecule has 190 valence electrons. The smallest absolute Gasteiger partial charge is 0.304 e. The van der Waals surface area contributed by atoms with Gasteiger partial charge in [-0.2, -0.15) is 0 Å². The van der Waals surface area contributed by atoms with E-state index in [9.17, 15) is 9.90 Å². The standard InChI is InChI=1S/C28H39N3O4/c1-20(19-34-2)35-26-7-3-5-23(15-26)24(16-27(32)33)18-31-14-12-21(17-31)8-10-25-11-9-22-6-4-13-29-28(22)30-25/h3,5,7,9,11,15,20-21,24H,4,6,8,10,12-14,16-19H2,1-2H3,(H,29,30)(H,32,33)/t20?,21-,24-/m1/s1. The van der Waals surface area contributed by atoms with Crippen LogP contribution in [0.5, 0.6) is 5.75 Å². The molecule has 2 aliphatic heterocycles. The lowest BCUT2D eigenvalue weighted by molar-refractivity contribution is -0.137. The van der Waals surface area contributed by atoms with Crippen molar-refractivity contribution in [2.75, 3.05) is 45.2 Å². The Hall–Kier alpha value is -2.64. The number of likely N-dealkylation sites (tertiary alicyclic amines) is 1. The number of nitrogens with one attached hydrogen (secondary N) is 1. The van der Waals surface area contributed by atoms with Gasteiger partial charge in [-0.05, 0) is 80.8 Å². The van der Waals surface area contributed by atoms with Gasteiger partial charge in [-0.25, -0.2) is 4.98 Å². The molecule has 7 heteroatoms. The van der Waals surface area contributed by atoms with Crippen molar-refractivity contribution < 1.29 is 19.4 Å². The summed E-state index contributed by atoms with van der Waals surface area (Å²) in [4.78, 5) is 18.9. The second kappa shape index (κ2) is 12.4. The molecule has 1 unspecified atom stereocenters. The number of hydrogen-bond acceptors (Lipinski definition) is 6. The van der Waals surface area contributed by atoms with Gasteiger partial charge < -0.3 is 24.8 Å². The van der Waals surface area contributed by atoms with Crippen LogP contribution in [0.15, 0.2) is 36.4 Å². The van der Waals surface area contributed by atoms with Crippen molar-refractivity contribution in [3.05, 3.63) is 53.2 Å². The Balaban J connectivity index is 1.32. The normalized spacial score (nSPS) is 19.5. The molecule has 0 saturated carbocycles. The third-order valence-corrected chi connectivity index (χ3v) is 7.10. The number of anilines is 1. The van der Waals surface area contributed by atoms with Crippen molar-refractivity contribution in [2.45, 2.75) is 57.5 Å². The molecule has 1 aromatic carbocycles. The van der Waals surface area contributed by atoms with Gasteiger partial charge in [0, 0.05) is 38.4 Å². The first-order valence-electron chi connectivity index (χ1n) is 12.9. The molecule has 0 spiro atoms. The number of aliphatic carboxylic acids is 1. The van der Waals surface area contributed by atoms with E-state index >= 15 is 0 Å². The Labute approximate surface area is 208 Å². The molecular formula is C28H39N3O4. The maximum Gasteiger partial charge on any atom is 0.304 e. The molecule has 2 aliphatic rings.